The predicted octanol–water partition coefficient (Wildman–Crippen LogP) is 1.93. The first-order valence-corrected chi connectivity index (χ1v) is 9.91. The molecule has 0 radical (unpaired) electrons. The molecule has 1 aromatic carbocycles. The van der Waals surface area contributed by atoms with Crippen LogP contribution in [0.15, 0.2) is 50.4 Å². The van der Waals surface area contributed by atoms with Crippen LogP contribution in [-0.4, -0.2) is 40.0 Å². The van der Waals surface area contributed by atoms with Crippen molar-refractivity contribution in [3.63, 3.8) is 0 Å². The number of hydrogen-bond donors (Lipinski definition) is 2. The maximum absolute atomic E-state index is 12.3. The van der Waals surface area contributed by atoms with E-state index < -0.39 is 21.9 Å². The number of amides is 1. The fourth-order valence-corrected chi connectivity index (χ4v) is 4.10. The summed E-state index contributed by atoms with van der Waals surface area (Å²) in [5, 5.41) is 2.53. The Labute approximate surface area is 159 Å². The van der Waals surface area contributed by atoms with Gasteiger partial charge in [-0.2, -0.15) is 0 Å². The molecule has 10 heteroatoms. The number of carbonyl (C=O) groups excluding carboxylic acids is 2. The second-order valence-electron chi connectivity index (χ2n) is 5.00. The van der Waals surface area contributed by atoms with Gasteiger partial charge in [0.15, 0.2) is 5.76 Å². The third-order valence-corrected chi connectivity index (χ3v) is 5.62. The van der Waals surface area contributed by atoms with Crippen LogP contribution in [0.5, 0.6) is 0 Å². The highest BCUT2D eigenvalue weighted by atomic mass is 79.9. The number of rotatable bonds is 8. The van der Waals surface area contributed by atoms with Crippen molar-refractivity contribution in [2.75, 3.05) is 19.7 Å². The van der Waals surface area contributed by atoms with Gasteiger partial charge in [-0.05, 0) is 53.2 Å². The van der Waals surface area contributed by atoms with Crippen molar-refractivity contribution in [1.82, 2.24) is 10.0 Å². The second-order valence-corrected chi connectivity index (χ2v) is 7.59. The fourth-order valence-electron chi connectivity index (χ4n) is 1.99. The predicted molar refractivity (Wildman–Crippen MR) is 96.3 cm³/mol. The van der Waals surface area contributed by atoms with Crippen molar-refractivity contribution in [1.29, 1.82) is 0 Å². The van der Waals surface area contributed by atoms with Gasteiger partial charge in [-0.3, -0.25) is 4.79 Å². The maximum atomic E-state index is 12.3. The van der Waals surface area contributed by atoms with Crippen molar-refractivity contribution < 1.29 is 27.2 Å². The molecule has 0 aliphatic rings. The Morgan fingerprint density at radius 3 is 2.62 bits per heavy atom. The molecule has 1 heterocycles. The Hall–Kier alpha value is -2.17. The first-order valence-electron chi connectivity index (χ1n) is 7.63. The molecule has 0 unspecified atom stereocenters. The van der Waals surface area contributed by atoms with E-state index in [2.05, 4.69) is 26.0 Å². The molecule has 2 aromatic rings. The molecule has 0 aliphatic carbocycles. The summed E-state index contributed by atoms with van der Waals surface area (Å²) in [6, 6.07) is 7.14. The Balaban J connectivity index is 1.95. The largest absolute Gasteiger partial charge is 0.462 e. The van der Waals surface area contributed by atoms with Gasteiger partial charge < -0.3 is 14.5 Å². The number of esters is 1. The molecular formula is C16H17BrN2O6S. The molecule has 2 rings (SSSR count). The van der Waals surface area contributed by atoms with Gasteiger partial charge in [0.1, 0.15) is 0 Å². The third kappa shape index (κ3) is 5.16. The normalized spacial score (nSPS) is 11.2. The summed E-state index contributed by atoms with van der Waals surface area (Å²) in [6.07, 6.45) is 1.37. The lowest BCUT2D eigenvalue weighted by Gasteiger charge is -2.10. The van der Waals surface area contributed by atoms with Crippen molar-refractivity contribution in [2.45, 2.75) is 11.8 Å². The standard InChI is InChI=1S/C16H17BrN2O6S/c1-2-24-16(21)11-5-6-14(12(17)10-11)26(22,23)19-8-7-18-15(20)13-4-3-9-25-13/h3-6,9-10,19H,2,7-8H2,1H3,(H,18,20). The minimum absolute atomic E-state index is 0.0130. The summed E-state index contributed by atoms with van der Waals surface area (Å²) in [5.41, 5.74) is 0.239. The number of ether oxygens (including phenoxy) is 1. The number of halogens is 1. The maximum Gasteiger partial charge on any atom is 0.338 e. The monoisotopic (exact) mass is 444 g/mol. The smallest absolute Gasteiger partial charge is 0.338 e. The lowest BCUT2D eigenvalue weighted by molar-refractivity contribution is 0.0526. The van der Waals surface area contributed by atoms with Gasteiger partial charge in [-0.15, -0.1) is 0 Å². The van der Waals surface area contributed by atoms with E-state index in [1.807, 2.05) is 0 Å². The molecule has 0 atom stereocenters. The number of sulfonamides is 1. The van der Waals surface area contributed by atoms with Crippen LogP contribution in [0.2, 0.25) is 0 Å². The molecular weight excluding hydrogens is 428 g/mol. The summed E-state index contributed by atoms with van der Waals surface area (Å²) < 4.78 is 37.1. The van der Waals surface area contributed by atoms with Gasteiger partial charge in [0.25, 0.3) is 5.91 Å². The Morgan fingerprint density at radius 1 is 1.23 bits per heavy atom. The molecule has 0 bridgehead atoms. The Morgan fingerprint density at radius 2 is 2.00 bits per heavy atom. The lowest BCUT2D eigenvalue weighted by Crippen LogP contribution is -2.34. The Bertz CT molecular complexity index is 880. The molecule has 26 heavy (non-hydrogen) atoms. The first-order chi connectivity index (χ1) is 12.3. The van der Waals surface area contributed by atoms with E-state index in [-0.39, 0.29) is 40.4 Å². The second kappa shape index (κ2) is 8.97. The van der Waals surface area contributed by atoms with Gasteiger partial charge in [-0.1, -0.05) is 0 Å². The summed E-state index contributed by atoms with van der Waals surface area (Å²) in [6.45, 7) is 1.97. The summed E-state index contributed by atoms with van der Waals surface area (Å²) in [7, 11) is -3.82. The van der Waals surface area contributed by atoms with Gasteiger partial charge in [0, 0.05) is 17.6 Å². The molecule has 1 aromatic heterocycles. The van der Waals surface area contributed by atoms with Crippen LogP contribution in [0.1, 0.15) is 27.8 Å². The van der Waals surface area contributed by atoms with Gasteiger partial charge in [0.05, 0.1) is 23.3 Å². The Kier molecular flexibility index (Phi) is 6.95. The number of benzene rings is 1. The zero-order valence-electron chi connectivity index (χ0n) is 13.8. The van der Waals surface area contributed by atoms with E-state index in [0.29, 0.717) is 0 Å². The minimum Gasteiger partial charge on any atom is -0.462 e. The molecule has 8 nitrogen and oxygen atoms in total. The van der Waals surface area contributed by atoms with Crippen LogP contribution in [0.3, 0.4) is 0 Å². The highest BCUT2D eigenvalue weighted by Gasteiger charge is 2.19. The number of furan rings is 1. The van der Waals surface area contributed by atoms with Crippen LogP contribution in [-0.2, 0) is 14.8 Å². The van der Waals surface area contributed by atoms with Gasteiger partial charge >= 0.3 is 5.97 Å². The zero-order valence-corrected chi connectivity index (χ0v) is 16.2. The molecule has 0 aliphatic heterocycles. The molecule has 140 valence electrons. The SMILES string of the molecule is CCOC(=O)c1ccc(S(=O)(=O)NCCNC(=O)c2ccco2)c(Br)c1. The molecule has 0 spiro atoms. The van der Waals surface area contributed by atoms with E-state index in [1.165, 1.54) is 30.5 Å². The molecule has 0 saturated carbocycles. The number of nitrogens with one attached hydrogen (secondary N) is 2. The number of carbonyl (C=O) groups is 2. The summed E-state index contributed by atoms with van der Waals surface area (Å²) in [4.78, 5) is 23.3. The summed E-state index contributed by atoms with van der Waals surface area (Å²) >= 11 is 3.15. The summed E-state index contributed by atoms with van der Waals surface area (Å²) in [5.74, 6) is -0.829. The average Bonchev–Trinajstić information content (AvgIpc) is 3.13. The van der Waals surface area contributed by atoms with Crippen molar-refractivity contribution in [3.8, 4) is 0 Å². The average molecular weight is 445 g/mol. The fraction of sp³-hybridized carbons (Fsp3) is 0.250. The topological polar surface area (TPSA) is 115 Å². The van der Waals surface area contributed by atoms with Crippen molar-refractivity contribution >= 4 is 37.8 Å². The van der Waals surface area contributed by atoms with E-state index >= 15 is 0 Å². The quantitative estimate of drug-likeness (QED) is 0.474. The van der Waals surface area contributed by atoms with E-state index in [9.17, 15) is 18.0 Å². The minimum atomic E-state index is -3.82. The third-order valence-electron chi connectivity index (χ3n) is 3.18. The van der Waals surface area contributed by atoms with Gasteiger partial charge in [0.2, 0.25) is 10.0 Å². The first kappa shape index (κ1) is 20.1. The lowest BCUT2D eigenvalue weighted by atomic mass is 10.2. The number of hydrogen-bond acceptors (Lipinski definition) is 6. The van der Waals surface area contributed by atoms with E-state index in [1.54, 1.807) is 13.0 Å². The van der Waals surface area contributed by atoms with E-state index in [0.717, 1.165) is 0 Å². The van der Waals surface area contributed by atoms with Crippen LogP contribution in [0, 0.1) is 0 Å². The highest BCUT2D eigenvalue weighted by molar-refractivity contribution is 9.10. The van der Waals surface area contributed by atoms with Crippen LogP contribution in [0.4, 0.5) is 0 Å². The van der Waals surface area contributed by atoms with Gasteiger partial charge in [-0.25, -0.2) is 17.9 Å². The van der Waals surface area contributed by atoms with E-state index in [4.69, 9.17) is 9.15 Å². The van der Waals surface area contributed by atoms with Crippen LogP contribution in [0.25, 0.3) is 0 Å². The van der Waals surface area contributed by atoms with Crippen molar-refractivity contribution in [2.24, 2.45) is 0 Å². The molecule has 2 N–H and O–H groups in total. The van der Waals surface area contributed by atoms with Crippen LogP contribution < -0.4 is 10.0 Å². The van der Waals surface area contributed by atoms with Crippen molar-refractivity contribution in [3.05, 3.63) is 52.4 Å². The van der Waals surface area contributed by atoms with Crippen LogP contribution >= 0.6 is 15.9 Å². The molecule has 1 amide bonds. The molecule has 0 fully saturated rings. The highest BCUT2D eigenvalue weighted by Crippen LogP contribution is 2.23. The molecule has 0 saturated heterocycles. The zero-order chi connectivity index (χ0) is 19.2.